The van der Waals surface area contributed by atoms with Crippen LogP contribution in [0.3, 0.4) is 0 Å². The second-order valence-electron chi connectivity index (χ2n) is 5.01. The number of hydrogen-bond acceptors (Lipinski definition) is 4. The van der Waals surface area contributed by atoms with E-state index in [2.05, 4.69) is 10.0 Å². The number of anilines is 2. The van der Waals surface area contributed by atoms with Crippen molar-refractivity contribution >= 4 is 27.3 Å². The smallest absolute Gasteiger partial charge is 0.262 e. The van der Waals surface area contributed by atoms with Crippen molar-refractivity contribution in [1.82, 2.24) is 0 Å². The third-order valence-electron chi connectivity index (χ3n) is 3.10. The van der Waals surface area contributed by atoms with E-state index < -0.39 is 10.0 Å². The Bertz CT molecular complexity index is 814. The largest absolute Gasteiger partial charge is 0.495 e. The first-order valence-corrected chi connectivity index (χ1v) is 8.35. The van der Waals surface area contributed by atoms with Crippen LogP contribution in [-0.2, 0) is 14.8 Å². The van der Waals surface area contributed by atoms with Gasteiger partial charge in [-0.1, -0.05) is 17.7 Å². The van der Waals surface area contributed by atoms with Crippen LogP contribution in [0, 0.1) is 6.92 Å². The predicted molar refractivity (Wildman–Crippen MR) is 89.3 cm³/mol. The lowest BCUT2D eigenvalue weighted by Crippen LogP contribution is -2.14. The molecular formula is C16H18N2O4S. The molecule has 0 aromatic heterocycles. The number of carbonyl (C=O) groups is 1. The van der Waals surface area contributed by atoms with Gasteiger partial charge in [-0.15, -0.1) is 0 Å². The molecule has 23 heavy (non-hydrogen) atoms. The Balaban J connectivity index is 2.32. The minimum absolute atomic E-state index is 0.0454. The summed E-state index contributed by atoms with van der Waals surface area (Å²) in [5.41, 5.74) is 1.92. The van der Waals surface area contributed by atoms with Gasteiger partial charge in [-0.2, -0.15) is 0 Å². The molecule has 2 rings (SSSR count). The van der Waals surface area contributed by atoms with Gasteiger partial charge in [0, 0.05) is 18.7 Å². The van der Waals surface area contributed by atoms with E-state index in [-0.39, 0.29) is 16.6 Å². The number of aryl methyl sites for hydroxylation is 1. The molecule has 0 radical (unpaired) electrons. The summed E-state index contributed by atoms with van der Waals surface area (Å²) >= 11 is 0. The number of rotatable bonds is 5. The van der Waals surface area contributed by atoms with E-state index in [1.807, 2.05) is 19.1 Å². The summed E-state index contributed by atoms with van der Waals surface area (Å²) in [6, 6.07) is 11.3. The van der Waals surface area contributed by atoms with Gasteiger partial charge in [0.1, 0.15) is 5.75 Å². The fourth-order valence-corrected chi connectivity index (χ4v) is 3.04. The molecule has 0 bridgehead atoms. The summed E-state index contributed by atoms with van der Waals surface area (Å²) in [6.45, 7) is 3.28. The Morgan fingerprint density at radius 1 is 1.09 bits per heavy atom. The highest BCUT2D eigenvalue weighted by molar-refractivity contribution is 7.92. The Morgan fingerprint density at radius 3 is 2.30 bits per heavy atom. The Morgan fingerprint density at radius 2 is 1.74 bits per heavy atom. The molecule has 0 unspecified atom stereocenters. The lowest BCUT2D eigenvalue weighted by atomic mass is 10.2. The summed E-state index contributed by atoms with van der Waals surface area (Å²) in [6.07, 6.45) is 0. The van der Waals surface area contributed by atoms with Gasteiger partial charge < -0.3 is 10.1 Å². The third kappa shape index (κ3) is 4.23. The van der Waals surface area contributed by atoms with Crippen molar-refractivity contribution in [2.45, 2.75) is 18.7 Å². The summed E-state index contributed by atoms with van der Waals surface area (Å²) in [5, 5.41) is 2.58. The lowest BCUT2D eigenvalue weighted by molar-refractivity contribution is -0.114. The van der Waals surface area contributed by atoms with Crippen LogP contribution in [0.2, 0.25) is 0 Å². The molecule has 6 nitrogen and oxygen atoms in total. The maximum absolute atomic E-state index is 12.4. The second-order valence-corrected chi connectivity index (χ2v) is 6.70. The van der Waals surface area contributed by atoms with E-state index in [4.69, 9.17) is 4.74 Å². The first-order chi connectivity index (χ1) is 10.8. The van der Waals surface area contributed by atoms with E-state index in [1.165, 1.54) is 32.2 Å². The molecule has 0 heterocycles. The molecule has 1 amide bonds. The molecule has 2 N–H and O–H groups in total. The van der Waals surface area contributed by atoms with Crippen LogP contribution in [0.25, 0.3) is 0 Å². The fourth-order valence-electron chi connectivity index (χ4n) is 1.97. The summed E-state index contributed by atoms with van der Waals surface area (Å²) in [7, 11) is -2.34. The van der Waals surface area contributed by atoms with Crippen molar-refractivity contribution in [3.63, 3.8) is 0 Å². The molecule has 0 aliphatic heterocycles. The quantitative estimate of drug-likeness (QED) is 0.880. The number of amides is 1. The van der Waals surface area contributed by atoms with Crippen molar-refractivity contribution in [3.8, 4) is 5.75 Å². The van der Waals surface area contributed by atoms with Crippen LogP contribution in [-0.4, -0.2) is 21.4 Å². The Hall–Kier alpha value is -2.54. The molecular weight excluding hydrogens is 316 g/mol. The number of nitrogens with one attached hydrogen (secondary N) is 2. The van der Waals surface area contributed by atoms with Gasteiger partial charge in [0.05, 0.1) is 17.7 Å². The third-order valence-corrected chi connectivity index (χ3v) is 4.48. The van der Waals surface area contributed by atoms with Crippen molar-refractivity contribution in [3.05, 3.63) is 48.0 Å². The van der Waals surface area contributed by atoms with Crippen molar-refractivity contribution < 1.29 is 17.9 Å². The van der Waals surface area contributed by atoms with Gasteiger partial charge in [0.15, 0.2) is 0 Å². The monoisotopic (exact) mass is 334 g/mol. The molecule has 0 fully saturated rings. The first kappa shape index (κ1) is 16.8. The molecule has 0 saturated carbocycles. The number of carbonyl (C=O) groups excluding carboxylic acids is 1. The predicted octanol–water partition coefficient (Wildman–Crippen LogP) is 2.76. The zero-order valence-corrected chi connectivity index (χ0v) is 13.9. The average molecular weight is 334 g/mol. The highest BCUT2D eigenvalue weighted by Gasteiger charge is 2.17. The van der Waals surface area contributed by atoms with Crippen LogP contribution >= 0.6 is 0 Å². The molecule has 0 saturated heterocycles. The average Bonchev–Trinajstić information content (AvgIpc) is 2.49. The van der Waals surface area contributed by atoms with Crippen LogP contribution in [0.1, 0.15) is 12.5 Å². The van der Waals surface area contributed by atoms with E-state index >= 15 is 0 Å². The molecule has 2 aromatic carbocycles. The van der Waals surface area contributed by atoms with Gasteiger partial charge in [0.25, 0.3) is 10.0 Å². The molecule has 0 atom stereocenters. The van der Waals surface area contributed by atoms with E-state index in [9.17, 15) is 13.2 Å². The normalized spacial score (nSPS) is 10.9. The van der Waals surface area contributed by atoms with Crippen molar-refractivity contribution in [2.24, 2.45) is 0 Å². The van der Waals surface area contributed by atoms with E-state index in [0.717, 1.165) is 5.56 Å². The van der Waals surface area contributed by atoms with Crippen LogP contribution in [0.5, 0.6) is 5.75 Å². The fraction of sp³-hybridized carbons (Fsp3) is 0.188. The Kier molecular flexibility index (Phi) is 4.90. The van der Waals surface area contributed by atoms with Gasteiger partial charge in [-0.05, 0) is 31.2 Å². The first-order valence-electron chi connectivity index (χ1n) is 6.87. The van der Waals surface area contributed by atoms with Gasteiger partial charge in [-0.3, -0.25) is 9.52 Å². The minimum atomic E-state index is -3.75. The van der Waals surface area contributed by atoms with Crippen molar-refractivity contribution in [1.29, 1.82) is 0 Å². The zero-order chi connectivity index (χ0) is 17.0. The molecule has 2 aromatic rings. The topological polar surface area (TPSA) is 84.5 Å². The maximum atomic E-state index is 12.4. The highest BCUT2D eigenvalue weighted by atomic mass is 32.2. The number of hydrogen-bond donors (Lipinski definition) is 2. The SMILES string of the molecule is COc1cc(S(=O)(=O)Nc2ccc(C)cc2)ccc1NC(C)=O. The Labute approximate surface area is 135 Å². The van der Waals surface area contributed by atoms with Crippen LogP contribution in [0.4, 0.5) is 11.4 Å². The number of benzene rings is 2. The summed E-state index contributed by atoms with van der Waals surface area (Å²) in [5.74, 6) is 0.00340. The van der Waals surface area contributed by atoms with Gasteiger partial charge in [-0.25, -0.2) is 8.42 Å². The van der Waals surface area contributed by atoms with E-state index in [1.54, 1.807) is 12.1 Å². The molecule has 0 aliphatic carbocycles. The minimum Gasteiger partial charge on any atom is -0.495 e. The number of ether oxygens (including phenoxy) is 1. The lowest BCUT2D eigenvalue weighted by Gasteiger charge is -2.12. The maximum Gasteiger partial charge on any atom is 0.262 e. The van der Waals surface area contributed by atoms with Crippen molar-refractivity contribution in [2.75, 3.05) is 17.1 Å². The second kappa shape index (κ2) is 6.70. The molecule has 0 aliphatic rings. The van der Waals surface area contributed by atoms with Crippen LogP contribution < -0.4 is 14.8 Å². The van der Waals surface area contributed by atoms with E-state index in [0.29, 0.717) is 11.4 Å². The molecule has 122 valence electrons. The number of sulfonamides is 1. The number of methoxy groups -OCH3 is 1. The zero-order valence-electron chi connectivity index (χ0n) is 13.1. The molecule has 0 spiro atoms. The summed E-state index contributed by atoms with van der Waals surface area (Å²) in [4.78, 5) is 11.2. The van der Waals surface area contributed by atoms with Gasteiger partial charge in [0.2, 0.25) is 5.91 Å². The van der Waals surface area contributed by atoms with Crippen LogP contribution in [0.15, 0.2) is 47.4 Å². The standard InChI is InChI=1S/C16H18N2O4S/c1-11-4-6-13(7-5-11)18-23(20,21)14-8-9-15(17-12(2)19)16(10-14)22-3/h4-10,18H,1-3H3,(H,17,19). The summed E-state index contributed by atoms with van der Waals surface area (Å²) < 4.78 is 32.5. The molecule has 7 heteroatoms. The van der Waals surface area contributed by atoms with Gasteiger partial charge >= 0.3 is 0 Å². The highest BCUT2D eigenvalue weighted by Crippen LogP contribution is 2.28.